The zero-order chi connectivity index (χ0) is 22.7. The van der Waals surface area contributed by atoms with Gasteiger partial charge in [-0.3, -0.25) is 9.59 Å². The van der Waals surface area contributed by atoms with E-state index in [1.165, 1.54) is 0 Å². The van der Waals surface area contributed by atoms with Crippen LogP contribution in [0.3, 0.4) is 0 Å². The summed E-state index contributed by atoms with van der Waals surface area (Å²) >= 11 is 0. The number of esters is 2. The molecule has 3 aliphatic rings. The van der Waals surface area contributed by atoms with Crippen LogP contribution < -0.4 is 18.9 Å². The molecular weight excluding hydrogens is 416 g/mol. The SMILES string of the molecule is COc1cc(OC)c2c(c1)[C@@]1(CCC(=O)O1)[C@]1(CCC(=O)O1)c1cc(OC)cc(OC)c1-2. The van der Waals surface area contributed by atoms with Gasteiger partial charge in [0.15, 0.2) is 11.2 Å². The quantitative estimate of drug-likeness (QED) is 0.668. The van der Waals surface area contributed by atoms with E-state index in [0.717, 1.165) is 0 Å². The van der Waals surface area contributed by atoms with Gasteiger partial charge in [0.2, 0.25) is 0 Å². The van der Waals surface area contributed by atoms with Crippen molar-refractivity contribution in [3.8, 4) is 34.1 Å². The summed E-state index contributed by atoms with van der Waals surface area (Å²) < 4.78 is 34.8. The number of carbonyl (C=O) groups is 2. The minimum Gasteiger partial charge on any atom is -0.497 e. The maximum atomic E-state index is 12.5. The van der Waals surface area contributed by atoms with Crippen LogP contribution in [0.2, 0.25) is 0 Å². The lowest BCUT2D eigenvalue weighted by Crippen LogP contribution is -2.52. The standard InChI is InChI=1S/C24H24O8/c1-27-13-9-15-21(17(11-13)29-3)22-16(10-14(28-2)12-18(22)30-4)24(8-6-20(26)32-24)23(15)7-5-19(25)31-23/h9-12H,5-8H2,1-4H3/t23-,24-/m0/s1. The lowest BCUT2D eigenvalue weighted by molar-refractivity contribution is -0.198. The number of hydrogen-bond donors (Lipinski definition) is 0. The second-order valence-corrected chi connectivity index (χ2v) is 8.11. The Balaban J connectivity index is 1.97. The van der Waals surface area contributed by atoms with Crippen LogP contribution in [0.1, 0.15) is 36.8 Å². The number of methoxy groups -OCH3 is 4. The first-order valence-electron chi connectivity index (χ1n) is 10.4. The molecule has 2 aromatic rings. The molecule has 2 heterocycles. The summed E-state index contributed by atoms with van der Waals surface area (Å²) in [6.07, 6.45) is 1.10. The maximum absolute atomic E-state index is 12.5. The van der Waals surface area contributed by atoms with Gasteiger partial charge in [0.25, 0.3) is 0 Å². The average Bonchev–Trinajstić information content (AvgIpc) is 3.40. The smallest absolute Gasteiger partial charge is 0.307 e. The Bertz CT molecular complexity index is 1050. The molecule has 5 rings (SSSR count). The van der Waals surface area contributed by atoms with Crippen LogP contribution in [0, 0.1) is 0 Å². The Morgan fingerprint density at radius 1 is 0.656 bits per heavy atom. The van der Waals surface area contributed by atoms with Gasteiger partial charge in [0.05, 0.1) is 28.4 Å². The van der Waals surface area contributed by atoms with E-state index < -0.39 is 11.2 Å². The summed E-state index contributed by atoms with van der Waals surface area (Å²) in [5.74, 6) is 1.45. The highest BCUT2D eigenvalue weighted by atomic mass is 16.6. The van der Waals surface area contributed by atoms with Crippen molar-refractivity contribution >= 4 is 11.9 Å². The number of carbonyl (C=O) groups excluding carboxylic acids is 2. The second-order valence-electron chi connectivity index (χ2n) is 8.11. The van der Waals surface area contributed by atoms with Crippen molar-refractivity contribution in [3.63, 3.8) is 0 Å². The van der Waals surface area contributed by atoms with Gasteiger partial charge < -0.3 is 28.4 Å². The molecule has 0 amide bonds. The predicted molar refractivity (Wildman–Crippen MR) is 112 cm³/mol. The van der Waals surface area contributed by atoms with Gasteiger partial charge >= 0.3 is 11.9 Å². The zero-order valence-corrected chi connectivity index (χ0v) is 18.4. The van der Waals surface area contributed by atoms with E-state index in [2.05, 4.69) is 0 Å². The van der Waals surface area contributed by atoms with E-state index in [1.54, 1.807) is 40.6 Å². The molecule has 168 valence electrons. The Kier molecular flexibility index (Phi) is 4.51. The molecule has 2 aromatic carbocycles. The molecule has 32 heavy (non-hydrogen) atoms. The summed E-state index contributed by atoms with van der Waals surface area (Å²) in [7, 11) is 6.25. The van der Waals surface area contributed by atoms with Gasteiger partial charge in [0, 0.05) is 60.1 Å². The van der Waals surface area contributed by atoms with Gasteiger partial charge in [-0.05, 0) is 12.1 Å². The molecule has 0 bridgehead atoms. The first-order valence-corrected chi connectivity index (χ1v) is 10.4. The van der Waals surface area contributed by atoms with Gasteiger partial charge in [0.1, 0.15) is 23.0 Å². The molecule has 2 atom stereocenters. The highest BCUT2D eigenvalue weighted by molar-refractivity contribution is 5.90. The van der Waals surface area contributed by atoms with Crippen LogP contribution >= 0.6 is 0 Å². The third-order valence-electron chi connectivity index (χ3n) is 6.77. The van der Waals surface area contributed by atoms with Crippen LogP contribution in [-0.4, -0.2) is 40.4 Å². The molecular formula is C24H24O8. The highest BCUT2D eigenvalue weighted by Gasteiger charge is 2.68. The zero-order valence-electron chi connectivity index (χ0n) is 18.4. The van der Waals surface area contributed by atoms with E-state index in [1.807, 2.05) is 12.1 Å². The van der Waals surface area contributed by atoms with Gasteiger partial charge in [-0.1, -0.05) is 0 Å². The number of ether oxygens (including phenoxy) is 6. The summed E-state index contributed by atoms with van der Waals surface area (Å²) in [5, 5.41) is 0. The molecule has 8 nitrogen and oxygen atoms in total. The Morgan fingerprint density at radius 3 is 1.34 bits per heavy atom. The number of rotatable bonds is 4. The summed E-state index contributed by atoms with van der Waals surface area (Å²) in [5.41, 5.74) is 0.322. The summed E-state index contributed by atoms with van der Waals surface area (Å²) in [6.45, 7) is 0. The minimum atomic E-state index is -1.22. The van der Waals surface area contributed by atoms with Crippen molar-refractivity contribution in [3.05, 3.63) is 35.4 Å². The second kappa shape index (κ2) is 7.05. The monoisotopic (exact) mass is 440 g/mol. The van der Waals surface area contributed by atoms with Crippen molar-refractivity contribution in [2.45, 2.75) is 36.9 Å². The topological polar surface area (TPSA) is 89.5 Å². The summed E-state index contributed by atoms with van der Waals surface area (Å²) in [6, 6.07) is 7.21. The molecule has 0 unspecified atom stereocenters. The Morgan fingerprint density at radius 2 is 1.06 bits per heavy atom. The normalized spacial score (nSPS) is 25.2. The van der Waals surface area contributed by atoms with Crippen molar-refractivity contribution in [2.75, 3.05) is 28.4 Å². The first kappa shape index (κ1) is 20.5. The van der Waals surface area contributed by atoms with Crippen LogP contribution in [0.25, 0.3) is 11.1 Å². The molecule has 0 aromatic heterocycles. The fourth-order valence-corrected chi connectivity index (χ4v) is 5.42. The minimum absolute atomic E-state index is 0.203. The molecule has 0 N–H and O–H groups in total. The summed E-state index contributed by atoms with van der Waals surface area (Å²) in [4.78, 5) is 25.1. The van der Waals surface area contributed by atoms with E-state index in [9.17, 15) is 9.59 Å². The van der Waals surface area contributed by atoms with Crippen molar-refractivity contribution in [2.24, 2.45) is 0 Å². The van der Waals surface area contributed by atoms with E-state index >= 15 is 0 Å². The third kappa shape index (κ3) is 2.49. The van der Waals surface area contributed by atoms with Crippen molar-refractivity contribution in [1.29, 1.82) is 0 Å². The molecule has 1 aliphatic carbocycles. The van der Waals surface area contributed by atoms with E-state index in [-0.39, 0.29) is 24.8 Å². The lowest BCUT2D eigenvalue weighted by Gasteiger charge is -2.48. The largest absolute Gasteiger partial charge is 0.497 e. The van der Waals surface area contributed by atoms with Crippen molar-refractivity contribution in [1.82, 2.24) is 0 Å². The van der Waals surface area contributed by atoms with Gasteiger partial charge in [-0.2, -0.15) is 0 Å². The third-order valence-corrected chi connectivity index (χ3v) is 6.77. The molecule has 2 saturated heterocycles. The maximum Gasteiger partial charge on any atom is 0.307 e. The highest BCUT2D eigenvalue weighted by Crippen LogP contribution is 2.66. The van der Waals surface area contributed by atoms with Crippen LogP contribution in [0.4, 0.5) is 0 Å². The lowest BCUT2D eigenvalue weighted by atomic mass is 9.62. The number of benzene rings is 2. The fourth-order valence-electron chi connectivity index (χ4n) is 5.42. The van der Waals surface area contributed by atoms with Crippen LogP contribution in [-0.2, 0) is 30.3 Å². The number of fused-ring (bicyclic) bond motifs is 6. The van der Waals surface area contributed by atoms with Gasteiger partial charge in [-0.25, -0.2) is 0 Å². The first-order chi connectivity index (χ1) is 15.4. The van der Waals surface area contributed by atoms with Crippen molar-refractivity contribution < 1.29 is 38.0 Å². The van der Waals surface area contributed by atoms with E-state index in [0.29, 0.717) is 58.1 Å². The predicted octanol–water partition coefficient (Wildman–Crippen LogP) is 3.47. The molecule has 0 saturated carbocycles. The fraction of sp³-hybridized carbons (Fsp3) is 0.417. The Labute approximate surface area is 185 Å². The van der Waals surface area contributed by atoms with Crippen LogP contribution in [0.5, 0.6) is 23.0 Å². The Hall–Kier alpha value is -3.42. The molecule has 0 radical (unpaired) electrons. The van der Waals surface area contributed by atoms with Gasteiger partial charge in [-0.15, -0.1) is 0 Å². The molecule has 2 fully saturated rings. The molecule has 8 heteroatoms. The van der Waals surface area contributed by atoms with Crippen LogP contribution in [0.15, 0.2) is 24.3 Å². The average molecular weight is 440 g/mol. The molecule has 2 aliphatic heterocycles. The molecule has 2 spiro atoms. The number of hydrogen-bond acceptors (Lipinski definition) is 8. The van der Waals surface area contributed by atoms with E-state index in [4.69, 9.17) is 28.4 Å².